The van der Waals surface area contributed by atoms with Crippen molar-refractivity contribution in [3.8, 4) is 0 Å². The second-order valence-corrected chi connectivity index (χ2v) is 2.77. The number of rotatable bonds is 0. The van der Waals surface area contributed by atoms with E-state index in [0.29, 0.717) is 5.88 Å². The van der Waals surface area contributed by atoms with Gasteiger partial charge in [-0.2, -0.15) is 0 Å². The Morgan fingerprint density at radius 3 is 2.43 bits per heavy atom. The molecule has 1 fully saturated rings. The van der Waals surface area contributed by atoms with Crippen LogP contribution in [0.5, 0.6) is 0 Å². The van der Waals surface area contributed by atoms with Crippen molar-refractivity contribution in [1.29, 1.82) is 0 Å². The standard InChI is InChI=1S/C3H6NOS.Na/c5-6-2-1-4-3-6;/h1-3H2;/q-1;+1. The molecule has 2 nitrogen and oxygen atoms in total. The Morgan fingerprint density at radius 1 is 1.57 bits per heavy atom. The average molecular weight is 127 g/mol. The number of nitrogens with zero attached hydrogens (tertiary/aromatic N) is 1. The van der Waals surface area contributed by atoms with Crippen LogP contribution in [0.2, 0.25) is 0 Å². The smallest absolute Gasteiger partial charge is 0.651 e. The van der Waals surface area contributed by atoms with E-state index in [0.717, 1.165) is 12.3 Å². The van der Waals surface area contributed by atoms with Gasteiger partial charge >= 0.3 is 29.6 Å². The average Bonchev–Trinajstić information content (AvgIpc) is 1.86. The van der Waals surface area contributed by atoms with Crippen molar-refractivity contribution < 1.29 is 33.8 Å². The Balaban J connectivity index is 0.000000360. The minimum Gasteiger partial charge on any atom is -0.651 e. The topological polar surface area (TPSA) is 31.2 Å². The van der Waals surface area contributed by atoms with Crippen LogP contribution in [0.15, 0.2) is 0 Å². The Hall–Kier alpha value is 1.11. The zero-order valence-electron chi connectivity index (χ0n) is 4.39. The van der Waals surface area contributed by atoms with Crippen molar-refractivity contribution in [2.75, 3.05) is 18.2 Å². The van der Waals surface area contributed by atoms with Crippen LogP contribution in [0.4, 0.5) is 0 Å². The second kappa shape index (κ2) is 4.04. The summed E-state index contributed by atoms with van der Waals surface area (Å²) in [6.07, 6.45) is 0. The van der Waals surface area contributed by atoms with E-state index in [1.165, 1.54) is 0 Å². The fourth-order valence-corrected chi connectivity index (χ4v) is 1.19. The van der Waals surface area contributed by atoms with Gasteiger partial charge in [0.2, 0.25) is 0 Å². The first kappa shape index (κ1) is 8.11. The summed E-state index contributed by atoms with van der Waals surface area (Å²) in [5.74, 6) is 1.38. The van der Waals surface area contributed by atoms with Gasteiger partial charge in [-0.05, 0) is 10.8 Å². The van der Waals surface area contributed by atoms with Crippen molar-refractivity contribution in [3.63, 3.8) is 0 Å². The maximum atomic E-state index is 10.3. The summed E-state index contributed by atoms with van der Waals surface area (Å²) in [5.41, 5.74) is 0. The molecule has 7 heavy (non-hydrogen) atoms. The molecule has 1 atom stereocenters. The summed E-state index contributed by atoms with van der Waals surface area (Å²) in [7, 11) is -0.590. The molecular weight excluding hydrogens is 121 g/mol. The molecule has 36 valence electrons. The summed E-state index contributed by atoms with van der Waals surface area (Å²) < 4.78 is 10.3. The van der Waals surface area contributed by atoms with E-state index in [9.17, 15) is 4.21 Å². The molecule has 1 rings (SSSR count). The third-order valence-electron chi connectivity index (χ3n) is 0.712. The third kappa shape index (κ3) is 2.82. The molecule has 0 amide bonds. The van der Waals surface area contributed by atoms with Gasteiger partial charge in [0, 0.05) is 5.75 Å². The second-order valence-electron chi connectivity index (χ2n) is 1.22. The van der Waals surface area contributed by atoms with E-state index in [4.69, 9.17) is 0 Å². The molecule has 0 radical (unpaired) electrons. The zero-order valence-corrected chi connectivity index (χ0v) is 7.20. The molecule has 1 saturated heterocycles. The van der Waals surface area contributed by atoms with Gasteiger partial charge in [0.05, 0.1) is 0 Å². The van der Waals surface area contributed by atoms with Gasteiger partial charge in [-0.3, -0.25) is 4.21 Å². The van der Waals surface area contributed by atoms with Crippen LogP contribution in [0.25, 0.3) is 5.32 Å². The predicted octanol–water partition coefficient (Wildman–Crippen LogP) is -2.92. The molecule has 1 unspecified atom stereocenters. The van der Waals surface area contributed by atoms with Crippen molar-refractivity contribution in [3.05, 3.63) is 5.32 Å². The Kier molecular flexibility index (Phi) is 4.68. The Morgan fingerprint density at radius 2 is 2.29 bits per heavy atom. The van der Waals surface area contributed by atoms with Crippen molar-refractivity contribution in [2.24, 2.45) is 0 Å². The first-order chi connectivity index (χ1) is 2.89. The van der Waals surface area contributed by atoms with Crippen molar-refractivity contribution in [1.82, 2.24) is 0 Å². The largest absolute Gasteiger partial charge is 1.00 e. The van der Waals surface area contributed by atoms with Crippen LogP contribution < -0.4 is 29.6 Å². The maximum Gasteiger partial charge on any atom is 1.00 e. The predicted molar refractivity (Wildman–Crippen MR) is 26.1 cm³/mol. The van der Waals surface area contributed by atoms with Gasteiger partial charge in [0.1, 0.15) is 0 Å². The van der Waals surface area contributed by atoms with Gasteiger partial charge in [-0.1, -0.05) is 5.88 Å². The van der Waals surface area contributed by atoms with E-state index in [1.807, 2.05) is 0 Å². The molecule has 0 saturated carbocycles. The normalized spacial score (nSPS) is 29.4. The fraction of sp³-hybridized carbons (Fsp3) is 1.00. The Labute approximate surface area is 67.8 Å². The van der Waals surface area contributed by atoms with Gasteiger partial charge < -0.3 is 5.32 Å². The van der Waals surface area contributed by atoms with E-state index in [1.54, 1.807) is 0 Å². The van der Waals surface area contributed by atoms with Gasteiger partial charge in [0.25, 0.3) is 0 Å². The van der Waals surface area contributed by atoms with Crippen LogP contribution in [0, 0.1) is 0 Å². The minimum atomic E-state index is -0.590. The van der Waals surface area contributed by atoms with E-state index in [2.05, 4.69) is 5.32 Å². The van der Waals surface area contributed by atoms with Crippen LogP contribution in [-0.2, 0) is 10.8 Å². The maximum absolute atomic E-state index is 10.3. The summed E-state index contributed by atoms with van der Waals surface area (Å²) in [4.78, 5) is 0. The third-order valence-corrected chi connectivity index (χ3v) is 1.82. The molecule has 1 heterocycles. The summed E-state index contributed by atoms with van der Waals surface area (Å²) in [6.45, 7) is 0.812. The minimum absolute atomic E-state index is 0. The number of hydrogen-bond donors (Lipinski definition) is 0. The SMILES string of the molecule is O=S1CC[N-]C1.[Na+]. The van der Waals surface area contributed by atoms with Gasteiger partial charge in [-0.15, -0.1) is 6.54 Å². The molecule has 1 aliphatic heterocycles. The molecule has 1 aliphatic rings. The van der Waals surface area contributed by atoms with Crippen LogP contribution >= 0.6 is 0 Å². The first-order valence-electron chi connectivity index (χ1n) is 1.88. The molecule has 0 bridgehead atoms. The van der Waals surface area contributed by atoms with Crippen LogP contribution in [0.3, 0.4) is 0 Å². The quantitative estimate of drug-likeness (QED) is 0.321. The van der Waals surface area contributed by atoms with Crippen LogP contribution in [-0.4, -0.2) is 22.4 Å². The van der Waals surface area contributed by atoms with Gasteiger partial charge in [-0.25, -0.2) is 0 Å². The molecular formula is C3H6NNaOS. The zero-order chi connectivity index (χ0) is 4.41. The molecule has 4 heteroatoms. The molecule has 0 aromatic carbocycles. The van der Waals surface area contributed by atoms with E-state index in [-0.39, 0.29) is 29.6 Å². The van der Waals surface area contributed by atoms with Crippen molar-refractivity contribution in [2.45, 2.75) is 0 Å². The summed E-state index contributed by atoms with van der Waals surface area (Å²) >= 11 is 0. The summed E-state index contributed by atoms with van der Waals surface area (Å²) in [5, 5.41) is 3.86. The monoisotopic (exact) mass is 127 g/mol. The number of hydrogen-bond acceptors (Lipinski definition) is 1. The van der Waals surface area contributed by atoms with Gasteiger partial charge in [0.15, 0.2) is 0 Å². The van der Waals surface area contributed by atoms with Crippen LogP contribution in [0.1, 0.15) is 0 Å². The molecule has 0 aromatic heterocycles. The molecule has 0 aliphatic carbocycles. The fourth-order valence-electron chi connectivity index (χ4n) is 0.397. The summed E-state index contributed by atoms with van der Waals surface area (Å²) in [6, 6.07) is 0. The molecule has 0 aromatic rings. The van der Waals surface area contributed by atoms with E-state index < -0.39 is 10.8 Å². The Bertz CT molecular complexity index is 69.3. The van der Waals surface area contributed by atoms with E-state index >= 15 is 0 Å². The molecule has 0 N–H and O–H groups in total. The molecule has 0 spiro atoms. The first-order valence-corrected chi connectivity index (χ1v) is 3.36. The van der Waals surface area contributed by atoms with Crippen molar-refractivity contribution >= 4 is 10.8 Å².